The van der Waals surface area contributed by atoms with E-state index in [1.807, 2.05) is 37.3 Å². The van der Waals surface area contributed by atoms with Crippen LogP contribution in [-0.4, -0.2) is 18.6 Å². The van der Waals surface area contributed by atoms with Gasteiger partial charge in [-0.15, -0.1) is 0 Å². The van der Waals surface area contributed by atoms with Crippen molar-refractivity contribution in [2.24, 2.45) is 0 Å². The molecule has 1 unspecified atom stereocenters. The molecule has 0 amide bonds. The van der Waals surface area contributed by atoms with E-state index >= 15 is 0 Å². The minimum Gasteiger partial charge on any atom is -0.497 e. The van der Waals surface area contributed by atoms with Gasteiger partial charge in [0.1, 0.15) is 5.75 Å². The fraction of sp³-hybridized carbons (Fsp3) is 0.185. The number of rotatable bonds is 7. The van der Waals surface area contributed by atoms with Crippen LogP contribution >= 0.6 is 0 Å². The van der Waals surface area contributed by atoms with Crippen LogP contribution in [0.1, 0.15) is 45.8 Å². The number of benzene rings is 3. The lowest BCUT2D eigenvalue weighted by atomic mass is 9.91. The Bertz CT molecular complexity index is 1060. The van der Waals surface area contributed by atoms with Gasteiger partial charge in [-0.25, -0.2) is 0 Å². The van der Waals surface area contributed by atoms with Crippen LogP contribution in [-0.2, 0) is 0 Å². The van der Waals surface area contributed by atoms with Crippen molar-refractivity contribution in [2.45, 2.75) is 25.7 Å². The zero-order chi connectivity index (χ0) is 21.3. The van der Waals surface area contributed by atoms with Crippen LogP contribution in [0.4, 0.5) is 0 Å². The zero-order valence-electron chi connectivity index (χ0n) is 17.3. The van der Waals surface area contributed by atoms with E-state index in [1.54, 1.807) is 31.4 Å². The van der Waals surface area contributed by atoms with Gasteiger partial charge < -0.3 is 10.1 Å². The first kappa shape index (κ1) is 21.1. The summed E-state index contributed by atoms with van der Waals surface area (Å²) in [4.78, 5) is 12.6. The summed E-state index contributed by atoms with van der Waals surface area (Å²) in [6.45, 7) is 2.05. The highest BCUT2D eigenvalue weighted by molar-refractivity contribution is 6.09. The molecule has 0 aliphatic carbocycles. The van der Waals surface area contributed by atoms with E-state index < -0.39 is 0 Å². The fourth-order valence-electron chi connectivity index (χ4n) is 3.13. The molecule has 0 fully saturated rings. The molecule has 0 heterocycles. The molecular weight excluding hydrogens is 370 g/mol. The average Bonchev–Trinajstić information content (AvgIpc) is 2.78. The molecule has 0 bridgehead atoms. The van der Waals surface area contributed by atoms with Gasteiger partial charge in [-0.05, 0) is 48.9 Å². The first-order chi connectivity index (χ1) is 14.5. The van der Waals surface area contributed by atoms with Crippen LogP contribution in [0.5, 0.6) is 5.75 Å². The van der Waals surface area contributed by atoms with Crippen LogP contribution in [0.25, 0.3) is 0 Å². The minimum absolute atomic E-state index is 0.0682. The highest BCUT2D eigenvalue weighted by atomic mass is 16.5. The number of hydrogen-bond donors (Lipinski definition) is 1. The number of carbonyl (C=O) groups excluding carboxylic acids is 1. The van der Waals surface area contributed by atoms with Gasteiger partial charge in [0.05, 0.1) is 13.0 Å². The van der Waals surface area contributed by atoms with Crippen molar-refractivity contribution in [3.05, 3.63) is 101 Å². The van der Waals surface area contributed by atoms with Crippen molar-refractivity contribution < 1.29 is 9.53 Å². The van der Waals surface area contributed by atoms with Gasteiger partial charge in [-0.2, -0.15) is 0 Å². The van der Waals surface area contributed by atoms with E-state index in [2.05, 4.69) is 36.1 Å². The molecule has 3 nitrogen and oxygen atoms in total. The van der Waals surface area contributed by atoms with Gasteiger partial charge in [0.2, 0.25) is 0 Å². The van der Waals surface area contributed by atoms with E-state index in [4.69, 9.17) is 10.1 Å². The Hall–Kier alpha value is -3.64. The maximum atomic E-state index is 12.6. The average molecular weight is 396 g/mol. The third-order valence-corrected chi connectivity index (χ3v) is 4.88. The quantitative estimate of drug-likeness (QED) is 0.311. The number of methoxy groups -OCH3 is 1. The van der Waals surface area contributed by atoms with Gasteiger partial charge >= 0.3 is 0 Å². The summed E-state index contributed by atoms with van der Waals surface area (Å²) in [7, 11) is 1.59. The van der Waals surface area contributed by atoms with Crippen molar-refractivity contribution in [1.82, 2.24) is 0 Å². The number of ketones is 1. The minimum atomic E-state index is -0.137. The van der Waals surface area contributed by atoms with E-state index in [-0.39, 0.29) is 18.1 Å². The Kier molecular flexibility index (Phi) is 7.19. The van der Waals surface area contributed by atoms with Gasteiger partial charge in [-0.1, -0.05) is 59.9 Å². The summed E-state index contributed by atoms with van der Waals surface area (Å²) in [6, 6.07) is 25.0. The highest BCUT2D eigenvalue weighted by Crippen LogP contribution is 2.22. The summed E-state index contributed by atoms with van der Waals surface area (Å²) in [5.74, 6) is 7.03. The summed E-state index contributed by atoms with van der Waals surface area (Å²) < 4.78 is 5.13. The maximum Gasteiger partial charge on any atom is 0.168 e. The van der Waals surface area contributed by atoms with Crippen LogP contribution in [0, 0.1) is 24.2 Å². The molecule has 3 rings (SSSR count). The molecule has 3 heteroatoms. The number of hydrogen-bond acceptors (Lipinski definition) is 3. The van der Waals surface area contributed by atoms with Crippen molar-refractivity contribution >= 4 is 11.5 Å². The van der Waals surface area contributed by atoms with Crippen molar-refractivity contribution in [3.63, 3.8) is 0 Å². The van der Waals surface area contributed by atoms with Gasteiger partial charge in [-0.3, -0.25) is 4.79 Å². The molecule has 0 spiro atoms. The zero-order valence-corrected chi connectivity index (χ0v) is 17.3. The first-order valence-corrected chi connectivity index (χ1v) is 9.92. The normalized spacial score (nSPS) is 11.1. The van der Waals surface area contributed by atoms with Crippen LogP contribution in [0.15, 0.2) is 78.9 Å². The summed E-state index contributed by atoms with van der Waals surface area (Å²) in [5.41, 5.74) is 4.14. The molecule has 0 radical (unpaired) electrons. The topological polar surface area (TPSA) is 50.2 Å². The molecule has 1 N–H and O–H groups in total. The predicted octanol–water partition coefficient (Wildman–Crippen LogP) is 5.82. The lowest BCUT2D eigenvalue weighted by Gasteiger charge is -2.13. The van der Waals surface area contributed by atoms with E-state index in [0.717, 1.165) is 11.1 Å². The number of ether oxygens (including phenoxy) is 1. The van der Waals surface area contributed by atoms with E-state index in [0.29, 0.717) is 23.4 Å². The number of Topliss-reactive ketones (excluding diaryl/α,β-unsaturated/α-hetero) is 1. The standard InChI is InChI=1S/C27H25NO2/c1-20-8-11-22(12-9-20)24(13-10-21-6-4-3-5-7-21)18-25(28)19-27(29)23-14-16-26(30-2)17-15-23/h3-9,11-12,14-17,24,28H,18-19H2,1-2H3. The second-order valence-electron chi connectivity index (χ2n) is 7.23. The molecule has 1 atom stereocenters. The third-order valence-electron chi connectivity index (χ3n) is 4.88. The van der Waals surface area contributed by atoms with Gasteiger partial charge in [0, 0.05) is 29.7 Å². The number of aryl methyl sites for hydroxylation is 1. The largest absolute Gasteiger partial charge is 0.497 e. The molecule has 0 saturated carbocycles. The Morgan fingerprint density at radius 3 is 2.27 bits per heavy atom. The third kappa shape index (κ3) is 5.93. The lowest BCUT2D eigenvalue weighted by molar-refractivity contribution is 0.1000. The molecule has 3 aromatic rings. The summed E-state index contributed by atoms with van der Waals surface area (Å²) in [5, 5.41) is 8.44. The van der Waals surface area contributed by atoms with Crippen LogP contribution in [0.2, 0.25) is 0 Å². The maximum absolute atomic E-state index is 12.6. The number of carbonyl (C=O) groups is 1. The number of nitrogens with one attached hydrogen (secondary N) is 1. The Balaban J connectivity index is 1.74. The molecule has 0 aromatic heterocycles. The molecule has 3 aromatic carbocycles. The molecule has 150 valence electrons. The van der Waals surface area contributed by atoms with Gasteiger partial charge in [0.15, 0.2) is 5.78 Å². The smallest absolute Gasteiger partial charge is 0.168 e. The molecule has 0 saturated heterocycles. The Morgan fingerprint density at radius 2 is 1.63 bits per heavy atom. The van der Waals surface area contributed by atoms with E-state index in [1.165, 1.54) is 5.56 Å². The molecule has 0 aliphatic heterocycles. The fourth-order valence-corrected chi connectivity index (χ4v) is 3.13. The van der Waals surface area contributed by atoms with Crippen molar-refractivity contribution in [1.29, 1.82) is 5.41 Å². The van der Waals surface area contributed by atoms with Gasteiger partial charge in [0.25, 0.3) is 0 Å². The second-order valence-corrected chi connectivity index (χ2v) is 7.23. The molecule has 0 aliphatic rings. The van der Waals surface area contributed by atoms with Crippen molar-refractivity contribution in [3.8, 4) is 17.6 Å². The first-order valence-electron chi connectivity index (χ1n) is 9.92. The Labute approximate surface area is 178 Å². The SMILES string of the molecule is COc1ccc(C(=O)CC(=N)CC(C#Cc2ccccc2)c2ccc(C)cc2)cc1. The monoisotopic (exact) mass is 395 g/mol. The van der Waals surface area contributed by atoms with Crippen LogP contribution in [0.3, 0.4) is 0 Å². The highest BCUT2D eigenvalue weighted by Gasteiger charge is 2.15. The van der Waals surface area contributed by atoms with Crippen LogP contribution < -0.4 is 4.74 Å². The van der Waals surface area contributed by atoms with E-state index in [9.17, 15) is 4.79 Å². The Morgan fingerprint density at radius 1 is 0.967 bits per heavy atom. The summed E-state index contributed by atoms with van der Waals surface area (Å²) in [6.07, 6.45) is 0.506. The summed E-state index contributed by atoms with van der Waals surface area (Å²) >= 11 is 0. The lowest BCUT2D eigenvalue weighted by Crippen LogP contribution is -2.11. The second kappa shape index (κ2) is 10.2. The predicted molar refractivity (Wildman–Crippen MR) is 122 cm³/mol. The molecular formula is C27H25NO2. The van der Waals surface area contributed by atoms with Crippen molar-refractivity contribution in [2.75, 3.05) is 7.11 Å². The molecule has 30 heavy (non-hydrogen) atoms.